The van der Waals surface area contributed by atoms with Gasteiger partial charge in [-0.05, 0) is 55.7 Å². The average molecular weight is 477 g/mol. The third-order valence-electron chi connectivity index (χ3n) is 7.05. The third-order valence-corrected chi connectivity index (χ3v) is 9.02. The van der Waals surface area contributed by atoms with Crippen LogP contribution in [0.2, 0.25) is 5.02 Å². The zero-order valence-corrected chi connectivity index (χ0v) is 20.5. The average Bonchev–Trinajstić information content (AvgIpc) is 2.84. The standard InChI is InChI=1S/C25H33ClN2O3S/c1-19(27-12-14-28(15-13-27)22-6-4-3-5-7-22)20-8-10-24(11-9-20)32(29,30)25-17-21(26)16-23(18-25)31-2/h8-11,16-19,22H,3-7,12-15H2,1-2H3/t19-/m1/s1. The molecule has 2 aliphatic rings. The molecular formula is C25H33ClN2O3S. The molecule has 4 rings (SSSR count). The Bertz CT molecular complexity index is 1010. The van der Waals surface area contributed by atoms with Gasteiger partial charge in [-0.3, -0.25) is 9.80 Å². The van der Waals surface area contributed by atoms with Crippen LogP contribution >= 0.6 is 11.6 Å². The summed E-state index contributed by atoms with van der Waals surface area (Å²) in [6, 6.07) is 12.9. The molecule has 1 aliphatic heterocycles. The van der Waals surface area contributed by atoms with Crippen LogP contribution in [0.25, 0.3) is 0 Å². The molecule has 1 saturated carbocycles. The second-order valence-electron chi connectivity index (χ2n) is 8.94. The fourth-order valence-corrected chi connectivity index (χ4v) is 6.63. The van der Waals surface area contributed by atoms with Gasteiger partial charge in [0.1, 0.15) is 5.75 Å². The summed E-state index contributed by atoms with van der Waals surface area (Å²) in [6.07, 6.45) is 6.84. The Kier molecular flexibility index (Phi) is 7.45. The van der Waals surface area contributed by atoms with Crippen molar-refractivity contribution in [3.63, 3.8) is 0 Å². The first-order valence-corrected chi connectivity index (χ1v) is 13.4. The van der Waals surface area contributed by atoms with Gasteiger partial charge in [-0.2, -0.15) is 0 Å². The van der Waals surface area contributed by atoms with Gasteiger partial charge in [-0.1, -0.05) is 43.0 Å². The number of hydrogen-bond acceptors (Lipinski definition) is 5. The van der Waals surface area contributed by atoms with E-state index in [-0.39, 0.29) is 15.8 Å². The second kappa shape index (κ2) is 10.1. The largest absolute Gasteiger partial charge is 0.497 e. The highest BCUT2D eigenvalue weighted by Gasteiger charge is 2.27. The summed E-state index contributed by atoms with van der Waals surface area (Å²) in [5.41, 5.74) is 1.14. The molecule has 5 nitrogen and oxygen atoms in total. The van der Waals surface area contributed by atoms with E-state index >= 15 is 0 Å². The van der Waals surface area contributed by atoms with Crippen molar-refractivity contribution in [2.75, 3.05) is 33.3 Å². The molecular weight excluding hydrogens is 444 g/mol. The quantitative estimate of drug-likeness (QED) is 0.574. The zero-order chi connectivity index (χ0) is 22.7. The van der Waals surface area contributed by atoms with Crippen LogP contribution in [0, 0.1) is 0 Å². The van der Waals surface area contributed by atoms with E-state index in [0.29, 0.717) is 10.8 Å². The van der Waals surface area contributed by atoms with E-state index in [1.807, 2.05) is 12.1 Å². The Balaban J connectivity index is 1.42. The van der Waals surface area contributed by atoms with Crippen LogP contribution < -0.4 is 4.74 Å². The number of ether oxygens (including phenoxy) is 1. The van der Waals surface area contributed by atoms with Crippen LogP contribution in [0.1, 0.15) is 50.6 Å². The van der Waals surface area contributed by atoms with Crippen LogP contribution in [0.5, 0.6) is 5.75 Å². The predicted molar refractivity (Wildman–Crippen MR) is 128 cm³/mol. The molecule has 1 atom stereocenters. The number of halogens is 1. The number of benzene rings is 2. The van der Waals surface area contributed by atoms with E-state index in [0.717, 1.165) is 37.8 Å². The van der Waals surface area contributed by atoms with Crippen molar-refractivity contribution in [2.24, 2.45) is 0 Å². The van der Waals surface area contributed by atoms with Crippen LogP contribution in [0.4, 0.5) is 0 Å². The van der Waals surface area contributed by atoms with Crippen LogP contribution in [0.15, 0.2) is 52.3 Å². The van der Waals surface area contributed by atoms with E-state index in [1.54, 1.807) is 18.2 Å². The van der Waals surface area contributed by atoms with Gasteiger partial charge in [-0.25, -0.2) is 8.42 Å². The lowest BCUT2D eigenvalue weighted by atomic mass is 9.93. The first kappa shape index (κ1) is 23.6. The van der Waals surface area contributed by atoms with Crippen molar-refractivity contribution in [3.05, 3.63) is 53.1 Å². The lowest BCUT2D eigenvalue weighted by Gasteiger charge is -2.42. The van der Waals surface area contributed by atoms with Gasteiger partial charge in [0.25, 0.3) is 0 Å². The zero-order valence-electron chi connectivity index (χ0n) is 19.0. The fraction of sp³-hybridized carbons (Fsp3) is 0.520. The maximum absolute atomic E-state index is 13.1. The molecule has 1 saturated heterocycles. The first-order valence-electron chi connectivity index (χ1n) is 11.6. The predicted octanol–water partition coefficient (Wildman–Crippen LogP) is 5.19. The molecule has 0 aromatic heterocycles. The molecule has 1 aliphatic carbocycles. The van der Waals surface area contributed by atoms with E-state index in [9.17, 15) is 8.42 Å². The highest BCUT2D eigenvalue weighted by atomic mass is 35.5. The number of rotatable bonds is 6. The Morgan fingerprint density at radius 3 is 2.22 bits per heavy atom. The number of methoxy groups -OCH3 is 1. The molecule has 1 heterocycles. The Morgan fingerprint density at radius 2 is 1.59 bits per heavy atom. The molecule has 0 amide bonds. The molecule has 2 fully saturated rings. The normalized spacial score (nSPS) is 20.2. The van der Waals surface area contributed by atoms with Gasteiger partial charge >= 0.3 is 0 Å². The summed E-state index contributed by atoms with van der Waals surface area (Å²) in [5, 5.41) is 0.334. The van der Waals surface area contributed by atoms with Gasteiger partial charge < -0.3 is 4.74 Å². The van der Waals surface area contributed by atoms with Gasteiger partial charge in [0, 0.05) is 43.3 Å². The molecule has 0 unspecified atom stereocenters. The molecule has 2 aromatic carbocycles. The summed E-state index contributed by atoms with van der Waals surface area (Å²) in [6.45, 7) is 6.57. The summed E-state index contributed by atoms with van der Waals surface area (Å²) in [7, 11) is -2.17. The summed E-state index contributed by atoms with van der Waals surface area (Å²) in [4.78, 5) is 5.59. The van der Waals surface area contributed by atoms with Crippen molar-refractivity contribution in [1.29, 1.82) is 0 Å². The van der Waals surface area contributed by atoms with Crippen molar-refractivity contribution in [3.8, 4) is 5.75 Å². The van der Waals surface area contributed by atoms with Crippen LogP contribution in [0.3, 0.4) is 0 Å². The molecule has 2 aromatic rings. The van der Waals surface area contributed by atoms with Crippen LogP contribution in [-0.4, -0.2) is 57.5 Å². The van der Waals surface area contributed by atoms with E-state index in [4.69, 9.17) is 16.3 Å². The maximum atomic E-state index is 13.1. The number of nitrogens with zero attached hydrogens (tertiary/aromatic N) is 2. The lowest BCUT2D eigenvalue weighted by molar-refractivity contribution is 0.0602. The Labute approximate surface area is 197 Å². The summed E-state index contributed by atoms with van der Waals surface area (Å²) in [5.74, 6) is 0.425. The van der Waals surface area contributed by atoms with Gasteiger partial charge in [0.2, 0.25) is 9.84 Å². The van der Waals surface area contributed by atoms with Crippen molar-refractivity contribution in [2.45, 2.75) is 60.9 Å². The summed E-state index contributed by atoms with van der Waals surface area (Å²) >= 11 is 6.08. The minimum atomic E-state index is -3.67. The maximum Gasteiger partial charge on any atom is 0.206 e. The number of hydrogen-bond donors (Lipinski definition) is 0. The van der Waals surface area contributed by atoms with E-state index in [2.05, 4.69) is 16.7 Å². The van der Waals surface area contributed by atoms with Gasteiger partial charge in [0.05, 0.1) is 16.9 Å². The van der Waals surface area contributed by atoms with Crippen LogP contribution in [-0.2, 0) is 9.84 Å². The van der Waals surface area contributed by atoms with Crippen molar-refractivity contribution >= 4 is 21.4 Å². The molecule has 7 heteroatoms. The SMILES string of the molecule is COc1cc(Cl)cc(S(=O)(=O)c2ccc([C@@H](C)N3CCN(C4CCCCC4)CC3)cc2)c1. The minimum Gasteiger partial charge on any atom is -0.497 e. The van der Waals surface area contributed by atoms with E-state index in [1.165, 1.54) is 51.3 Å². The monoisotopic (exact) mass is 476 g/mol. The molecule has 0 N–H and O–H groups in total. The van der Waals surface area contributed by atoms with Gasteiger partial charge in [0.15, 0.2) is 0 Å². The molecule has 0 spiro atoms. The van der Waals surface area contributed by atoms with Crippen molar-refractivity contribution < 1.29 is 13.2 Å². The molecule has 174 valence electrons. The molecule has 0 radical (unpaired) electrons. The Hall–Kier alpha value is -1.60. The highest BCUT2D eigenvalue weighted by Crippen LogP contribution is 2.30. The van der Waals surface area contributed by atoms with E-state index < -0.39 is 9.84 Å². The highest BCUT2D eigenvalue weighted by molar-refractivity contribution is 7.91. The smallest absolute Gasteiger partial charge is 0.206 e. The summed E-state index contributed by atoms with van der Waals surface area (Å²) < 4.78 is 31.4. The third kappa shape index (κ3) is 5.14. The Morgan fingerprint density at radius 1 is 0.938 bits per heavy atom. The van der Waals surface area contributed by atoms with Gasteiger partial charge in [-0.15, -0.1) is 0 Å². The molecule has 32 heavy (non-hydrogen) atoms. The first-order chi connectivity index (χ1) is 15.4. The number of sulfone groups is 1. The van der Waals surface area contributed by atoms with Crippen molar-refractivity contribution in [1.82, 2.24) is 9.80 Å². The second-order valence-corrected chi connectivity index (χ2v) is 11.3. The lowest BCUT2D eigenvalue weighted by Crippen LogP contribution is -2.51. The topological polar surface area (TPSA) is 49.9 Å². The fourth-order valence-electron chi connectivity index (χ4n) is 5.02. The number of piperazine rings is 1. The molecule has 0 bridgehead atoms. The minimum absolute atomic E-state index is 0.140.